The summed E-state index contributed by atoms with van der Waals surface area (Å²) in [5.41, 5.74) is 2.21. The van der Waals surface area contributed by atoms with E-state index in [0.717, 1.165) is 46.8 Å². The molecular formula is C23H21BrF3NO. The Bertz CT molecular complexity index is 1050. The first kappa shape index (κ1) is 20.1. The summed E-state index contributed by atoms with van der Waals surface area (Å²) in [5, 5.41) is 0.935. The van der Waals surface area contributed by atoms with Gasteiger partial charge in [0.1, 0.15) is 12.4 Å². The van der Waals surface area contributed by atoms with Crippen LogP contribution in [0, 0.1) is 0 Å². The van der Waals surface area contributed by atoms with Gasteiger partial charge in [0.05, 0.1) is 15.7 Å². The molecule has 0 bridgehead atoms. The molecule has 0 radical (unpaired) electrons. The molecule has 1 N–H and O–H groups in total. The van der Waals surface area contributed by atoms with Crippen molar-refractivity contribution >= 4 is 32.9 Å². The predicted molar refractivity (Wildman–Crippen MR) is 113 cm³/mol. The lowest BCUT2D eigenvalue weighted by atomic mass is 9.91. The highest BCUT2D eigenvalue weighted by atomic mass is 79.9. The second-order valence-corrected chi connectivity index (χ2v) is 8.25. The van der Waals surface area contributed by atoms with Gasteiger partial charge < -0.3 is 9.72 Å². The number of halogens is 4. The highest BCUT2D eigenvalue weighted by Crippen LogP contribution is 2.42. The molecule has 1 heterocycles. The van der Waals surface area contributed by atoms with Gasteiger partial charge in [-0.1, -0.05) is 31.6 Å². The standard InChI is InChI=1S/C23H21BrF3NO/c1-2-20-22(24)18-12-16(8-10-21(18)28-20)29-13-14-7-9-17(15-5-3-4-6-15)19(11-14)23(25,26)27/h2,7-12,15,28H,1,3-6,13H2. The van der Waals surface area contributed by atoms with Gasteiger partial charge in [-0.2, -0.15) is 13.2 Å². The summed E-state index contributed by atoms with van der Waals surface area (Å²) in [6.45, 7) is 3.84. The van der Waals surface area contributed by atoms with Crippen molar-refractivity contribution < 1.29 is 17.9 Å². The maximum Gasteiger partial charge on any atom is 0.416 e. The van der Waals surface area contributed by atoms with E-state index in [0.29, 0.717) is 16.9 Å². The molecule has 0 spiro atoms. The van der Waals surface area contributed by atoms with E-state index in [1.54, 1.807) is 24.3 Å². The average molecular weight is 464 g/mol. The van der Waals surface area contributed by atoms with E-state index in [1.807, 2.05) is 12.1 Å². The molecule has 2 aromatic carbocycles. The molecule has 0 unspecified atom stereocenters. The molecule has 2 nitrogen and oxygen atoms in total. The van der Waals surface area contributed by atoms with Crippen LogP contribution in [0.25, 0.3) is 17.0 Å². The maximum atomic E-state index is 13.6. The Balaban J connectivity index is 1.57. The number of aromatic amines is 1. The van der Waals surface area contributed by atoms with Crippen LogP contribution < -0.4 is 4.74 Å². The number of fused-ring (bicyclic) bond motifs is 1. The number of alkyl halides is 3. The largest absolute Gasteiger partial charge is 0.489 e. The third-order valence-electron chi connectivity index (χ3n) is 5.56. The first-order valence-electron chi connectivity index (χ1n) is 9.63. The second kappa shape index (κ2) is 7.90. The minimum absolute atomic E-state index is 0.00833. The molecule has 3 aromatic rings. The van der Waals surface area contributed by atoms with Crippen LogP contribution in [0.3, 0.4) is 0 Å². The topological polar surface area (TPSA) is 25.0 Å². The summed E-state index contributed by atoms with van der Waals surface area (Å²) in [7, 11) is 0. The Hall–Kier alpha value is -2.21. The van der Waals surface area contributed by atoms with E-state index in [9.17, 15) is 13.2 Å². The zero-order chi connectivity index (χ0) is 20.6. The van der Waals surface area contributed by atoms with Crippen molar-refractivity contribution in [3.63, 3.8) is 0 Å². The van der Waals surface area contributed by atoms with Crippen LogP contribution >= 0.6 is 15.9 Å². The van der Waals surface area contributed by atoms with Crippen molar-refractivity contribution in [2.24, 2.45) is 0 Å². The number of aromatic nitrogens is 1. The summed E-state index contributed by atoms with van der Waals surface area (Å²) in [6.07, 6.45) is 1.02. The van der Waals surface area contributed by atoms with E-state index in [-0.39, 0.29) is 12.5 Å². The number of nitrogens with one attached hydrogen (secondary N) is 1. The van der Waals surface area contributed by atoms with Gasteiger partial charge in [-0.25, -0.2) is 0 Å². The van der Waals surface area contributed by atoms with Crippen molar-refractivity contribution in [1.29, 1.82) is 0 Å². The molecule has 29 heavy (non-hydrogen) atoms. The lowest BCUT2D eigenvalue weighted by molar-refractivity contribution is -0.138. The van der Waals surface area contributed by atoms with Crippen LogP contribution in [-0.2, 0) is 12.8 Å². The molecule has 152 valence electrons. The van der Waals surface area contributed by atoms with E-state index < -0.39 is 11.7 Å². The number of H-pyrrole nitrogens is 1. The second-order valence-electron chi connectivity index (χ2n) is 7.45. The molecule has 4 rings (SSSR count). The molecule has 6 heteroatoms. The lowest BCUT2D eigenvalue weighted by Crippen LogP contribution is -2.12. The summed E-state index contributed by atoms with van der Waals surface area (Å²) in [6, 6.07) is 10.2. The fourth-order valence-corrected chi connectivity index (χ4v) is 4.68. The molecule has 1 saturated carbocycles. The third-order valence-corrected chi connectivity index (χ3v) is 6.42. The van der Waals surface area contributed by atoms with Gasteiger partial charge in [-0.3, -0.25) is 0 Å². The van der Waals surface area contributed by atoms with Gasteiger partial charge in [0.15, 0.2) is 0 Å². The smallest absolute Gasteiger partial charge is 0.416 e. The molecular weight excluding hydrogens is 443 g/mol. The van der Waals surface area contributed by atoms with E-state index in [4.69, 9.17) is 4.74 Å². The minimum atomic E-state index is -4.36. The van der Waals surface area contributed by atoms with Crippen LogP contribution in [0.4, 0.5) is 13.2 Å². The molecule has 0 aliphatic heterocycles. The lowest BCUT2D eigenvalue weighted by Gasteiger charge is -2.19. The summed E-state index contributed by atoms with van der Waals surface area (Å²) in [5.74, 6) is 0.607. The fourth-order valence-electron chi connectivity index (χ4n) is 4.09. The maximum absolute atomic E-state index is 13.6. The highest BCUT2D eigenvalue weighted by molar-refractivity contribution is 9.10. The number of hydrogen-bond acceptors (Lipinski definition) is 1. The number of rotatable bonds is 5. The van der Waals surface area contributed by atoms with E-state index in [1.165, 1.54) is 6.07 Å². The van der Waals surface area contributed by atoms with Gasteiger partial charge in [0.25, 0.3) is 0 Å². The minimum Gasteiger partial charge on any atom is -0.489 e. The molecule has 0 amide bonds. The van der Waals surface area contributed by atoms with Gasteiger partial charge in [-0.15, -0.1) is 0 Å². The van der Waals surface area contributed by atoms with Gasteiger partial charge >= 0.3 is 6.18 Å². The fraction of sp³-hybridized carbons (Fsp3) is 0.304. The van der Waals surface area contributed by atoms with Crippen molar-refractivity contribution in [2.45, 2.75) is 44.4 Å². The Kier molecular flexibility index (Phi) is 5.47. The Morgan fingerprint density at radius 2 is 1.90 bits per heavy atom. The summed E-state index contributed by atoms with van der Waals surface area (Å²) >= 11 is 3.53. The molecule has 0 saturated heterocycles. The highest BCUT2D eigenvalue weighted by Gasteiger charge is 2.36. The van der Waals surface area contributed by atoms with Crippen LogP contribution in [0.1, 0.15) is 54.0 Å². The van der Waals surface area contributed by atoms with Crippen molar-refractivity contribution in [1.82, 2.24) is 4.98 Å². The summed E-state index contributed by atoms with van der Waals surface area (Å²) < 4.78 is 47.6. The Labute approximate surface area is 175 Å². The monoisotopic (exact) mass is 463 g/mol. The zero-order valence-corrected chi connectivity index (χ0v) is 17.4. The van der Waals surface area contributed by atoms with Crippen LogP contribution in [0.5, 0.6) is 5.75 Å². The average Bonchev–Trinajstić information content (AvgIpc) is 3.34. The van der Waals surface area contributed by atoms with Crippen LogP contribution in [0.2, 0.25) is 0 Å². The quantitative estimate of drug-likeness (QED) is 0.409. The molecule has 0 atom stereocenters. The summed E-state index contributed by atoms with van der Waals surface area (Å²) in [4.78, 5) is 3.23. The van der Waals surface area contributed by atoms with Gasteiger partial charge in [-0.05, 0) is 76.2 Å². The first-order valence-corrected chi connectivity index (χ1v) is 10.4. The Morgan fingerprint density at radius 3 is 2.59 bits per heavy atom. The van der Waals surface area contributed by atoms with Crippen molar-refractivity contribution in [3.05, 3.63) is 69.8 Å². The molecule has 1 fully saturated rings. The molecule has 1 aliphatic rings. The Morgan fingerprint density at radius 1 is 1.14 bits per heavy atom. The molecule has 1 aromatic heterocycles. The zero-order valence-electron chi connectivity index (χ0n) is 15.8. The van der Waals surface area contributed by atoms with Crippen molar-refractivity contribution in [3.8, 4) is 5.75 Å². The van der Waals surface area contributed by atoms with Crippen LogP contribution in [-0.4, -0.2) is 4.98 Å². The van der Waals surface area contributed by atoms with Gasteiger partial charge in [0, 0.05) is 10.9 Å². The number of ether oxygens (including phenoxy) is 1. The first-order chi connectivity index (χ1) is 13.9. The SMILES string of the molecule is C=Cc1[nH]c2ccc(OCc3ccc(C4CCCC4)c(C(F)(F)F)c3)cc2c1Br. The predicted octanol–water partition coefficient (Wildman–Crippen LogP) is 7.83. The molecule has 1 aliphatic carbocycles. The third kappa shape index (κ3) is 4.08. The van der Waals surface area contributed by atoms with Crippen molar-refractivity contribution in [2.75, 3.05) is 0 Å². The van der Waals surface area contributed by atoms with E-state index in [2.05, 4.69) is 27.5 Å². The van der Waals surface area contributed by atoms with Crippen LogP contribution in [0.15, 0.2) is 47.4 Å². The normalized spacial score (nSPS) is 15.2. The number of benzene rings is 2. The van der Waals surface area contributed by atoms with E-state index >= 15 is 0 Å². The van der Waals surface area contributed by atoms with Gasteiger partial charge in [0.2, 0.25) is 0 Å². The number of hydrogen-bond donors (Lipinski definition) is 1.